The first-order valence-corrected chi connectivity index (χ1v) is 7.89. The zero-order valence-electron chi connectivity index (χ0n) is 9.40. The lowest BCUT2D eigenvalue weighted by atomic mass is 9.95. The monoisotopic (exact) mass is 328 g/mol. The van der Waals surface area contributed by atoms with Crippen LogP contribution in [0.2, 0.25) is 0 Å². The standard InChI is InChI=1S/C14H14BrClS/c15-14-3-1-2-12(8-14)13(9-16)5-4-11-6-7-17-10-11/h1-3,6-8,10,13H,4-5,9H2. The quantitative estimate of drug-likeness (QED) is 0.638. The predicted octanol–water partition coefficient (Wildman–Crippen LogP) is 5.47. The van der Waals surface area contributed by atoms with Crippen molar-refractivity contribution in [3.05, 3.63) is 56.7 Å². The van der Waals surface area contributed by atoms with E-state index in [1.807, 2.05) is 6.07 Å². The fourth-order valence-electron chi connectivity index (χ4n) is 1.87. The number of halogens is 2. The summed E-state index contributed by atoms with van der Waals surface area (Å²) in [6.45, 7) is 0. The molecular weight excluding hydrogens is 316 g/mol. The summed E-state index contributed by atoms with van der Waals surface area (Å²) in [5, 5.41) is 4.34. The Labute approximate surface area is 120 Å². The first-order valence-electron chi connectivity index (χ1n) is 5.62. The maximum atomic E-state index is 6.08. The van der Waals surface area contributed by atoms with Gasteiger partial charge in [0.1, 0.15) is 0 Å². The van der Waals surface area contributed by atoms with Gasteiger partial charge in [0.15, 0.2) is 0 Å². The fourth-order valence-corrected chi connectivity index (χ4v) is 3.32. The molecule has 2 aromatic rings. The predicted molar refractivity (Wildman–Crippen MR) is 80.2 cm³/mol. The Hall–Kier alpha value is -0.310. The van der Waals surface area contributed by atoms with E-state index in [1.165, 1.54) is 11.1 Å². The van der Waals surface area contributed by atoms with Crippen LogP contribution in [0.25, 0.3) is 0 Å². The highest BCUT2D eigenvalue weighted by molar-refractivity contribution is 9.10. The molecule has 2 rings (SSSR count). The van der Waals surface area contributed by atoms with E-state index in [-0.39, 0.29) is 0 Å². The highest BCUT2D eigenvalue weighted by Crippen LogP contribution is 2.26. The Kier molecular flexibility index (Phi) is 5.08. The molecule has 3 heteroatoms. The molecule has 0 nitrogen and oxygen atoms in total. The van der Waals surface area contributed by atoms with E-state index in [9.17, 15) is 0 Å². The lowest BCUT2D eigenvalue weighted by molar-refractivity contribution is 0.686. The molecule has 0 radical (unpaired) electrons. The van der Waals surface area contributed by atoms with E-state index in [0.29, 0.717) is 11.8 Å². The van der Waals surface area contributed by atoms with E-state index in [2.05, 4.69) is 51.0 Å². The number of hydrogen-bond donors (Lipinski definition) is 0. The molecule has 0 spiro atoms. The maximum Gasteiger partial charge on any atom is 0.0292 e. The number of thiophene rings is 1. The van der Waals surface area contributed by atoms with Crippen LogP contribution in [0.4, 0.5) is 0 Å². The molecule has 17 heavy (non-hydrogen) atoms. The molecule has 1 atom stereocenters. The fraction of sp³-hybridized carbons (Fsp3) is 0.286. The highest BCUT2D eigenvalue weighted by Gasteiger charge is 2.10. The van der Waals surface area contributed by atoms with Gasteiger partial charge in [-0.3, -0.25) is 0 Å². The molecule has 0 aliphatic rings. The van der Waals surface area contributed by atoms with Gasteiger partial charge in [0, 0.05) is 10.4 Å². The molecule has 0 fully saturated rings. The van der Waals surface area contributed by atoms with Gasteiger partial charge in [-0.1, -0.05) is 28.1 Å². The van der Waals surface area contributed by atoms with Crippen LogP contribution in [0.5, 0.6) is 0 Å². The first kappa shape index (κ1) is 13.1. The van der Waals surface area contributed by atoms with E-state index >= 15 is 0 Å². The second-order valence-electron chi connectivity index (χ2n) is 4.08. The van der Waals surface area contributed by atoms with Crippen molar-refractivity contribution >= 4 is 38.9 Å². The topological polar surface area (TPSA) is 0 Å². The average molecular weight is 330 g/mol. The van der Waals surface area contributed by atoms with Crippen molar-refractivity contribution in [1.29, 1.82) is 0 Å². The summed E-state index contributed by atoms with van der Waals surface area (Å²) in [5.74, 6) is 1.12. The maximum absolute atomic E-state index is 6.08. The smallest absolute Gasteiger partial charge is 0.0292 e. The minimum Gasteiger partial charge on any atom is -0.152 e. The van der Waals surface area contributed by atoms with Crippen molar-refractivity contribution in [2.45, 2.75) is 18.8 Å². The Morgan fingerprint density at radius 1 is 1.29 bits per heavy atom. The van der Waals surface area contributed by atoms with Gasteiger partial charge in [0.05, 0.1) is 0 Å². The van der Waals surface area contributed by atoms with E-state index in [1.54, 1.807) is 11.3 Å². The van der Waals surface area contributed by atoms with Gasteiger partial charge in [0.25, 0.3) is 0 Å². The zero-order chi connectivity index (χ0) is 12.1. The Morgan fingerprint density at radius 3 is 2.82 bits per heavy atom. The van der Waals surface area contributed by atoms with Gasteiger partial charge in [-0.15, -0.1) is 11.6 Å². The van der Waals surface area contributed by atoms with E-state index in [0.717, 1.165) is 17.3 Å². The van der Waals surface area contributed by atoms with Crippen LogP contribution in [0.3, 0.4) is 0 Å². The molecular formula is C14H14BrClS. The average Bonchev–Trinajstić information content (AvgIpc) is 2.83. The third-order valence-electron chi connectivity index (χ3n) is 2.87. The van der Waals surface area contributed by atoms with Gasteiger partial charge in [-0.25, -0.2) is 0 Å². The molecule has 0 saturated heterocycles. The van der Waals surface area contributed by atoms with Crippen molar-refractivity contribution in [3.8, 4) is 0 Å². The molecule has 1 unspecified atom stereocenters. The lowest BCUT2D eigenvalue weighted by Crippen LogP contribution is -2.02. The third-order valence-corrected chi connectivity index (χ3v) is 4.47. The normalized spacial score (nSPS) is 12.6. The van der Waals surface area contributed by atoms with Crippen molar-refractivity contribution < 1.29 is 0 Å². The minimum absolute atomic E-state index is 0.439. The molecule has 0 amide bonds. The first-order chi connectivity index (χ1) is 8.29. The molecule has 0 aliphatic heterocycles. The van der Waals surface area contributed by atoms with Crippen molar-refractivity contribution in [2.75, 3.05) is 5.88 Å². The summed E-state index contributed by atoms with van der Waals surface area (Å²) in [5.41, 5.74) is 2.74. The largest absolute Gasteiger partial charge is 0.152 e. The van der Waals surface area contributed by atoms with Gasteiger partial charge in [-0.05, 0) is 58.8 Å². The van der Waals surface area contributed by atoms with Crippen LogP contribution in [0, 0.1) is 0 Å². The third kappa shape index (κ3) is 3.84. The second-order valence-corrected chi connectivity index (χ2v) is 6.08. The van der Waals surface area contributed by atoms with Crippen LogP contribution in [0.1, 0.15) is 23.5 Å². The summed E-state index contributed by atoms with van der Waals surface area (Å²) in [6, 6.07) is 10.6. The van der Waals surface area contributed by atoms with Gasteiger partial charge >= 0.3 is 0 Å². The highest BCUT2D eigenvalue weighted by atomic mass is 79.9. The lowest BCUT2D eigenvalue weighted by Gasteiger charge is -2.14. The number of aryl methyl sites for hydroxylation is 1. The van der Waals surface area contributed by atoms with E-state index in [4.69, 9.17) is 11.6 Å². The Bertz CT molecular complexity index is 453. The molecule has 0 N–H and O–H groups in total. The van der Waals surface area contributed by atoms with Gasteiger partial charge in [-0.2, -0.15) is 11.3 Å². The summed E-state index contributed by atoms with van der Waals surface area (Å²) in [7, 11) is 0. The molecule has 1 aromatic heterocycles. The molecule has 1 aromatic carbocycles. The summed E-state index contributed by atoms with van der Waals surface area (Å²) in [4.78, 5) is 0. The number of rotatable bonds is 5. The molecule has 0 bridgehead atoms. The van der Waals surface area contributed by atoms with Crippen molar-refractivity contribution in [3.63, 3.8) is 0 Å². The van der Waals surface area contributed by atoms with Crippen molar-refractivity contribution in [1.82, 2.24) is 0 Å². The molecule has 1 heterocycles. The van der Waals surface area contributed by atoms with Crippen LogP contribution >= 0.6 is 38.9 Å². The minimum atomic E-state index is 0.439. The van der Waals surface area contributed by atoms with Crippen LogP contribution in [0.15, 0.2) is 45.6 Å². The molecule has 90 valence electrons. The van der Waals surface area contributed by atoms with Gasteiger partial charge < -0.3 is 0 Å². The number of hydrogen-bond acceptors (Lipinski definition) is 1. The van der Waals surface area contributed by atoms with Crippen molar-refractivity contribution in [2.24, 2.45) is 0 Å². The van der Waals surface area contributed by atoms with Gasteiger partial charge in [0.2, 0.25) is 0 Å². The Morgan fingerprint density at radius 2 is 2.18 bits per heavy atom. The number of alkyl halides is 1. The second kappa shape index (κ2) is 6.58. The number of benzene rings is 1. The van der Waals surface area contributed by atoms with Crippen LogP contribution in [-0.2, 0) is 6.42 Å². The molecule has 0 saturated carbocycles. The summed E-state index contributed by atoms with van der Waals surface area (Å²) >= 11 is 11.3. The summed E-state index contributed by atoms with van der Waals surface area (Å²) < 4.78 is 1.13. The zero-order valence-corrected chi connectivity index (χ0v) is 12.6. The van der Waals surface area contributed by atoms with Crippen LogP contribution < -0.4 is 0 Å². The van der Waals surface area contributed by atoms with E-state index < -0.39 is 0 Å². The molecule has 0 aliphatic carbocycles. The van der Waals surface area contributed by atoms with Crippen LogP contribution in [-0.4, -0.2) is 5.88 Å². The Balaban J connectivity index is 2.01. The summed E-state index contributed by atoms with van der Waals surface area (Å²) in [6.07, 6.45) is 2.21. The SMILES string of the molecule is ClCC(CCc1ccsc1)c1cccc(Br)c1.